The molecule has 0 aromatic heterocycles. The monoisotopic (exact) mass is 223 g/mol. The van der Waals surface area contributed by atoms with E-state index in [-0.39, 0.29) is 11.5 Å². The SMILES string of the molecule is CC(C)(C)N.CCOC(=O)c1ccccc1. The van der Waals surface area contributed by atoms with Crippen LogP contribution in [0.25, 0.3) is 0 Å². The van der Waals surface area contributed by atoms with Crippen LogP contribution >= 0.6 is 0 Å². The molecule has 2 N–H and O–H groups in total. The van der Waals surface area contributed by atoms with Crippen LogP contribution in [-0.2, 0) is 4.74 Å². The van der Waals surface area contributed by atoms with Crippen LogP contribution < -0.4 is 5.73 Å². The van der Waals surface area contributed by atoms with Crippen LogP contribution in [0.2, 0.25) is 0 Å². The van der Waals surface area contributed by atoms with Gasteiger partial charge in [-0.05, 0) is 39.8 Å². The summed E-state index contributed by atoms with van der Waals surface area (Å²) in [6, 6.07) is 8.96. The minimum atomic E-state index is -0.256. The van der Waals surface area contributed by atoms with Crippen LogP contribution in [0, 0.1) is 0 Å². The van der Waals surface area contributed by atoms with E-state index in [4.69, 9.17) is 10.5 Å². The molecule has 0 aliphatic heterocycles. The summed E-state index contributed by atoms with van der Waals surface area (Å²) in [5, 5.41) is 0. The van der Waals surface area contributed by atoms with Crippen LogP contribution in [0.5, 0.6) is 0 Å². The molecule has 0 saturated heterocycles. The Morgan fingerprint density at radius 2 is 1.69 bits per heavy atom. The highest BCUT2D eigenvalue weighted by molar-refractivity contribution is 5.89. The van der Waals surface area contributed by atoms with Crippen molar-refractivity contribution in [2.45, 2.75) is 33.2 Å². The molecule has 1 rings (SSSR count). The fraction of sp³-hybridized carbons (Fsp3) is 0.462. The molecule has 3 heteroatoms. The zero-order valence-corrected chi connectivity index (χ0v) is 10.5. The third-order valence-electron chi connectivity index (χ3n) is 1.28. The second kappa shape index (κ2) is 7.01. The van der Waals surface area contributed by atoms with Crippen LogP contribution in [0.15, 0.2) is 30.3 Å². The van der Waals surface area contributed by atoms with Gasteiger partial charge in [-0.2, -0.15) is 0 Å². The molecule has 1 aromatic rings. The van der Waals surface area contributed by atoms with Crippen LogP contribution in [-0.4, -0.2) is 18.1 Å². The third kappa shape index (κ3) is 9.21. The Balaban J connectivity index is 0.000000385. The Hall–Kier alpha value is -1.35. The van der Waals surface area contributed by atoms with E-state index in [2.05, 4.69) is 0 Å². The lowest BCUT2D eigenvalue weighted by atomic mass is 10.1. The molecular weight excluding hydrogens is 202 g/mol. The molecule has 0 fully saturated rings. The Morgan fingerprint density at radius 1 is 1.25 bits per heavy atom. The predicted octanol–water partition coefficient (Wildman–Crippen LogP) is 2.61. The molecular formula is C13H21NO2. The second-order valence-electron chi connectivity index (χ2n) is 4.45. The van der Waals surface area contributed by atoms with E-state index in [1.54, 1.807) is 19.1 Å². The van der Waals surface area contributed by atoms with E-state index in [1.165, 1.54) is 0 Å². The maximum Gasteiger partial charge on any atom is 0.338 e. The highest BCUT2D eigenvalue weighted by atomic mass is 16.5. The van der Waals surface area contributed by atoms with Gasteiger partial charge in [-0.25, -0.2) is 4.79 Å². The van der Waals surface area contributed by atoms with E-state index < -0.39 is 0 Å². The number of hydrogen-bond donors (Lipinski definition) is 1. The number of benzene rings is 1. The quantitative estimate of drug-likeness (QED) is 0.784. The Kier molecular flexibility index (Phi) is 6.42. The lowest BCUT2D eigenvalue weighted by Gasteiger charge is -2.06. The summed E-state index contributed by atoms with van der Waals surface area (Å²) in [5.41, 5.74) is 5.96. The van der Waals surface area contributed by atoms with E-state index in [0.29, 0.717) is 12.2 Å². The van der Waals surface area contributed by atoms with Gasteiger partial charge in [-0.15, -0.1) is 0 Å². The molecule has 1 aromatic carbocycles. The van der Waals surface area contributed by atoms with Crippen LogP contribution in [0.3, 0.4) is 0 Å². The zero-order chi connectivity index (χ0) is 12.6. The van der Waals surface area contributed by atoms with Gasteiger partial charge in [0.15, 0.2) is 0 Å². The van der Waals surface area contributed by atoms with Gasteiger partial charge in [-0.3, -0.25) is 0 Å². The van der Waals surface area contributed by atoms with Crippen molar-refractivity contribution in [3.63, 3.8) is 0 Å². The van der Waals surface area contributed by atoms with Gasteiger partial charge in [0.25, 0.3) is 0 Å². The topological polar surface area (TPSA) is 52.3 Å². The van der Waals surface area contributed by atoms with E-state index in [1.807, 2.05) is 39.0 Å². The minimum absolute atomic E-state index is 0. The van der Waals surface area contributed by atoms with Crippen molar-refractivity contribution >= 4 is 5.97 Å². The first-order valence-electron chi connectivity index (χ1n) is 5.35. The average Bonchev–Trinajstić information content (AvgIpc) is 2.17. The molecule has 0 atom stereocenters. The van der Waals surface area contributed by atoms with Crippen molar-refractivity contribution in [2.24, 2.45) is 5.73 Å². The van der Waals surface area contributed by atoms with Crippen LogP contribution in [0.4, 0.5) is 0 Å². The van der Waals surface area contributed by atoms with Gasteiger partial charge < -0.3 is 10.5 Å². The van der Waals surface area contributed by atoms with Crippen LogP contribution in [0.1, 0.15) is 38.1 Å². The van der Waals surface area contributed by atoms with Gasteiger partial charge in [0.2, 0.25) is 0 Å². The summed E-state index contributed by atoms with van der Waals surface area (Å²) in [7, 11) is 0. The molecule has 0 aliphatic rings. The number of rotatable bonds is 2. The highest BCUT2D eigenvalue weighted by Crippen LogP contribution is 1.99. The average molecular weight is 223 g/mol. The van der Waals surface area contributed by atoms with Crippen molar-refractivity contribution in [3.8, 4) is 0 Å². The maximum atomic E-state index is 11.0. The largest absolute Gasteiger partial charge is 0.462 e. The molecule has 16 heavy (non-hydrogen) atoms. The first kappa shape index (κ1) is 14.6. The number of esters is 1. The van der Waals surface area contributed by atoms with Gasteiger partial charge >= 0.3 is 5.97 Å². The molecule has 0 aliphatic carbocycles. The van der Waals surface area contributed by atoms with Crippen molar-refractivity contribution < 1.29 is 9.53 Å². The Labute approximate surface area is 97.6 Å². The first-order valence-corrected chi connectivity index (χ1v) is 5.35. The molecule has 0 radical (unpaired) electrons. The highest BCUT2D eigenvalue weighted by Gasteiger charge is 2.02. The molecule has 0 saturated carbocycles. The molecule has 0 amide bonds. The number of nitrogens with two attached hydrogens (primary N) is 1. The molecule has 0 spiro atoms. The van der Waals surface area contributed by atoms with E-state index in [9.17, 15) is 4.79 Å². The minimum Gasteiger partial charge on any atom is -0.462 e. The van der Waals surface area contributed by atoms with E-state index >= 15 is 0 Å². The number of ether oxygens (including phenoxy) is 1. The van der Waals surface area contributed by atoms with Gasteiger partial charge in [-0.1, -0.05) is 18.2 Å². The van der Waals surface area contributed by atoms with E-state index in [0.717, 1.165) is 0 Å². The maximum absolute atomic E-state index is 11.0. The molecule has 0 unspecified atom stereocenters. The van der Waals surface area contributed by atoms with Gasteiger partial charge in [0.1, 0.15) is 0 Å². The standard InChI is InChI=1S/C9H10O2.C4H11N/c1-2-11-9(10)8-6-4-3-5-7-8;1-4(2,3)5/h3-7H,2H2,1H3;5H2,1-3H3. The van der Waals surface area contributed by atoms with Gasteiger partial charge in [0.05, 0.1) is 12.2 Å². The van der Waals surface area contributed by atoms with Crippen molar-refractivity contribution in [3.05, 3.63) is 35.9 Å². The normalized spacial score (nSPS) is 10.1. The lowest BCUT2D eigenvalue weighted by molar-refractivity contribution is 0.0526. The molecule has 0 bridgehead atoms. The first-order chi connectivity index (χ1) is 7.34. The molecule has 0 heterocycles. The number of hydrogen-bond acceptors (Lipinski definition) is 3. The second-order valence-corrected chi connectivity index (χ2v) is 4.45. The summed E-state index contributed by atoms with van der Waals surface area (Å²) >= 11 is 0. The predicted molar refractivity (Wildman–Crippen MR) is 66.3 cm³/mol. The number of carbonyl (C=O) groups is 1. The Morgan fingerprint density at radius 3 is 2.06 bits per heavy atom. The summed E-state index contributed by atoms with van der Waals surface area (Å²) in [4.78, 5) is 11.0. The summed E-state index contributed by atoms with van der Waals surface area (Å²) in [6.45, 7) is 8.11. The summed E-state index contributed by atoms with van der Waals surface area (Å²) < 4.78 is 4.79. The summed E-state index contributed by atoms with van der Waals surface area (Å²) in [5.74, 6) is -0.256. The van der Waals surface area contributed by atoms with Gasteiger partial charge in [0, 0.05) is 5.54 Å². The molecule has 3 nitrogen and oxygen atoms in total. The lowest BCUT2D eigenvalue weighted by Crippen LogP contribution is -2.26. The summed E-state index contributed by atoms with van der Waals surface area (Å²) in [6.07, 6.45) is 0. The Bertz CT molecular complexity index is 295. The van der Waals surface area contributed by atoms with Crippen molar-refractivity contribution in [2.75, 3.05) is 6.61 Å². The zero-order valence-electron chi connectivity index (χ0n) is 10.5. The third-order valence-corrected chi connectivity index (χ3v) is 1.28. The fourth-order valence-electron chi connectivity index (χ4n) is 0.789. The number of carbonyl (C=O) groups excluding carboxylic acids is 1. The van der Waals surface area contributed by atoms with Crippen molar-refractivity contribution in [1.82, 2.24) is 0 Å². The smallest absolute Gasteiger partial charge is 0.338 e. The van der Waals surface area contributed by atoms with Crippen molar-refractivity contribution in [1.29, 1.82) is 0 Å². The molecule has 90 valence electrons. The fourth-order valence-corrected chi connectivity index (χ4v) is 0.789.